The summed E-state index contributed by atoms with van der Waals surface area (Å²) in [6.45, 7) is 3.96. The topological polar surface area (TPSA) is 73.7 Å². The fourth-order valence-corrected chi connectivity index (χ4v) is 2.88. The Hall–Kier alpha value is -3.13. The summed E-state index contributed by atoms with van der Waals surface area (Å²) in [5.41, 5.74) is 1.59. The monoisotopic (exact) mass is 398 g/mol. The summed E-state index contributed by atoms with van der Waals surface area (Å²) >= 11 is 5.34. The minimum atomic E-state index is 0.0783. The average molecular weight is 398 g/mol. The third-order valence-electron chi connectivity index (χ3n) is 3.86. The van der Waals surface area contributed by atoms with E-state index < -0.39 is 0 Å². The van der Waals surface area contributed by atoms with Gasteiger partial charge in [-0.25, -0.2) is 5.10 Å². The minimum Gasteiger partial charge on any atom is -0.493 e. The van der Waals surface area contributed by atoms with E-state index in [1.807, 2.05) is 56.3 Å². The largest absolute Gasteiger partial charge is 0.493 e. The lowest BCUT2D eigenvalue weighted by atomic mass is 10.2. The Morgan fingerprint density at radius 2 is 1.93 bits per heavy atom. The van der Waals surface area contributed by atoms with Gasteiger partial charge in [0, 0.05) is 11.1 Å². The molecular formula is C20H22N4O3S. The van der Waals surface area contributed by atoms with Gasteiger partial charge in [0.2, 0.25) is 4.77 Å². The third-order valence-corrected chi connectivity index (χ3v) is 4.12. The Morgan fingerprint density at radius 1 is 1.14 bits per heavy atom. The molecule has 0 atom stereocenters. The van der Waals surface area contributed by atoms with Gasteiger partial charge in [0.1, 0.15) is 5.75 Å². The van der Waals surface area contributed by atoms with Gasteiger partial charge >= 0.3 is 0 Å². The van der Waals surface area contributed by atoms with E-state index in [1.165, 1.54) is 0 Å². The van der Waals surface area contributed by atoms with Gasteiger partial charge in [-0.3, -0.25) is 0 Å². The number of nitrogens with zero attached hydrogens (tertiary/aromatic N) is 3. The number of ether oxygens (including phenoxy) is 3. The maximum atomic E-state index is 5.77. The Balaban J connectivity index is 1.99. The van der Waals surface area contributed by atoms with Crippen LogP contribution in [0.5, 0.6) is 17.2 Å². The fraction of sp³-hybridized carbons (Fsp3) is 0.250. The Labute approximate surface area is 168 Å². The molecule has 0 aliphatic rings. The van der Waals surface area contributed by atoms with Crippen molar-refractivity contribution in [2.45, 2.75) is 20.0 Å². The predicted octanol–water partition coefficient (Wildman–Crippen LogP) is 4.29. The summed E-state index contributed by atoms with van der Waals surface area (Å²) in [5.74, 6) is 2.56. The number of benzene rings is 2. The zero-order valence-corrected chi connectivity index (χ0v) is 17.0. The molecular weight excluding hydrogens is 376 g/mol. The number of aromatic amines is 1. The van der Waals surface area contributed by atoms with E-state index in [4.69, 9.17) is 26.4 Å². The van der Waals surface area contributed by atoms with Crippen LogP contribution < -0.4 is 14.2 Å². The second kappa shape index (κ2) is 8.71. The highest BCUT2D eigenvalue weighted by Gasteiger charge is 2.11. The summed E-state index contributed by atoms with van der Waals surface area (Å²) in [7, 11) is 3.18. The van der Waals surface area contributed by atoms with Gasteiger partial charge in [-0.15, -0.1) is 0 Å². The highest BCUT2D eigenvalue weighted by molar-refractivity contribution is 7.71. The first-order valence-corrected chi connectivity index (χ1v) is 9.14. The van der Waals surface area contributed by atoms with Crippen molar-refractivity contribution in [2.24, 2.45) is 5.10 Å². The normalized spacial score (nSPS) is 11.2. The predicted molar refractivity (Wildman–Crippen MR) is 111 cm³/mol. The summed E-state index contributed by atoms with van der Waals surface area (Å²) in [5, 5.41) is 11.6. The summed E-state index contributed by atoms with van der Waals surface area (Å²) in [6.07, 6.45) is 1.74. The third kappa shape index (κ3) is 4.23. The van der Waals surface area contributed by atoms with Gasteiger partial charge in [-0.2, -0.15) is 14.9 Å². The van der Waals surface area contributed by atoms with Crippen molar-refractivity contribution in [2.75, 3.05) is 14.2 Å². The zero-order valence-electron chi connectivity index (χ0n) is 16.2. The lowest BCUT2D eigenvalue weighted by molar-refractivity contribution is 0.242. The van der Waals surface area contributed by atoms with E-state index in [2.05, 4.69) is 15.3 Å². The maximum Gasteiger partial charge on any atom is 0.216 e. The number of para-hydroxylation sites is 1. The number of H-pyrrole nitrogens is 1. The van der Waals surface area contributed by atoms with Gasteiger partial charge in [-0.1, -0.05) is 18.2 Å². The first-order chi connectivity index (χ1) is 13.5. The number of methoxy groups -OCH3 is 2. The Morgan fingerprint density at radius 3 is 2.64 bits per heavy atom. The summed E-state index contributed by atoms with van der Waals surface area (Å²) in [6, 6.07) is 13.2. The lowest BCUT2D eigenvalue weighted by Gasteiger charge is -2.11. The van der Waals surface area contributed by atoms with Gasteiger partial charge < -0.3 is 14.2 Å². The second-order valence-electron chi connectivity index (χ2n) is 6.19. The molecule has 3 rings (SSSR count). The number of rotatable bonds is 7. The number of aromatic nitrogens is 3. The molecule has 0 spiro atoms. The molecule has 0 radical (unpaired) electrons. The molecule has 0 aliphatic carbocycles. The Kier molecular flexibility index (Phi) is 6.10. The highest BCUT2D eigenvalue weighted by atomic mass is 32.1. The molecule has 1 heterocycles. The Bertz CT molecular complexity index is 1040. The zero-order chi connectivity index (χ0) is 20.1. The standard InChI is InChI=1S/C20H22N4O3S/c1-13(2)27-16-9-5-7-14(11-16)19-22-23-20(28)24(19)21-12-15-8-6-10-17(25-3)18(15)26-4/h5-13H,1-4H3,(H,23,28). The first kappa shape index (κ1) is 19.6. The van der Waals surface area contributed by atoms with Crippen molar-refractivity contribution in [3.63, 3.8) is 0 Å². The molecule has 28 heavy (non-hydrogen) atoms. The lowest BCUT2D eigenvalue weighted by Crippen LogP contribution is -2.05. The van der Waals surface area contributed by atoms with E-state index in [0.717, 1.165) is 16.9 Å². The van der Waals surface area contributed by atoms with Crippen LogP contribution in [-0.2, 0) is 0 Å². The van der Waals surface area contributed by atoms with E-state index >= 15 is 0 Å². The average Bonchev–Trinajstić information content (AvgIpc) is 3.06. The molecule has 0 amide bonds. The minimum absolute atomic E-state index is 0.0783. The second-order valence-corrected chi connectivity index (χ2v) is 6.57. The number of nitrogens with one attached hydrogen (secondary N) is 1. The molecule has 7 nitrogen and oxygen atoms in total. The summed E-state index contributed by atoms with van der Waals surface area (Å²) in [4.78, 5) is 0. The molecule has 0 fully saturated rings. The van der Waals surface area contributed by atoms with Gasteiger partial charge in [0.25, 0.3) is 0 Å². The van der Waals surface area contributed by atoms with Crippen LogP contribution in [-0.4, -0.2) is 41.4 Å². The molecule has 3 aromatic rings. The first-order valence-electron chi connectivity index (χ1n) is 8.73. The van der Waals surface area contributed by atoms with E-state index in [1.54, 1.807) is 25.1 Å². The molecule has 1 N–H and O–H groups in total. The van der Waals surface area contributed by atoms with Crippen molar-refractivity contribution in [3.05, 3.63) is 52.8 Å². The van der Waals surface area contributed by atoms with Crippen LogP contribution in [0.1, 0.15) is 19.4 Å². The van der Waals surface area contributed by atoms with Crippen molar-refractivity contribution >= 4 is 18.4 Å². The van der Waals surface area contributed by atoms with E-state index in [-0.39, 0.29) is 6.10 Å². The molecule has 0 saturated carbocycles. The molecule has 0 saturated heterocycles. The van der Waals surface area contributed by atoms with Gasteiger partial charge in [0.15, 0.2) is 17.3 Å². The van der Waals surface area contributed by atoms with E-state index in [0.29, 0.717) is 22.1 Å². The molecule has 2 aromatic carbocycles. The molecule has 0 unspecified atom stereocenters. The van der Waals surface area contributed by atoms with Crippen LogP contribution in [0.15, 0.2) is 47.6 Å². The van der Waals surface area contributed by atoms with Crippen LogP contribution in [0.4, 0.5) is 0 Å². The van der Waals surface area contributed by atoms with Gasteiger partial charge in [-0.05, 0) is 50.3 Å². The number of hydrogen-bond donors (Lipinski definition) is 1. The molecule has 1 aromatic heterocycles. The molecule has 0 bridgehead atoms. The smallest absolute Gasteiger partial charge is 0.216 e. The number of hydrogen-bond acceptors (Lipinski definition) is 6. The van der Waals surface area contributed by atoms with Crippen LogP contribution >= 0.6 is 12.2 Å². The van der Waals surface area contributed by atoms with Crippen molar-refractivity contribution < 1.29 is 14.2 Å². The molecule has 146 valence electrons. The quantitative estimate of drug-likeness (QED) is 0.475. The molecule has 0 aliphatic heterocycles. The summed E-state index contributed by atoms with van der Waals surface area (Å²) < 4.78 is 18.5. The van der Waals surface area contributed by atoms with Gasteiger partial charge in [0.05, 0.1) is 26.5 Å². The van der Waals surface area contributed by atoms with Crippen LogP contribution in [0, 0.1) is 4.77 Å². The molecule has 8 heteroatoms. The van der Waals surface area contributed by atoms with Crippen LogP contribution in [0.2, 0.25) is 0 Å². The van der Waals surface area contributed by atoms with Crippen molar-refractivity contribution in [1.82, 2.24) is 14.9 Å². The highest BCUT2D eigenvalue weighted by Crippen LogP contribution is 2.29. The fourth-order valence-electron chi connectivity index (χ4n) is 2.70. The SMILES string of the molecule is COc1cccc(C=Nn2c(-c3cccc(OC(C)C)c3)n[nH]c2=S)c1OC. The van der Waals surface area contributed by atoms with Crippen molar-refractivity contribution in [1.29, 1.82) is 0 Å². The maximum absolute atomic E-state index is 5.77. The van der Waals surface area contributed by atoms with Crippen LogP contribution in [0.3, 0.4) is 0 Å². The van der Waals surface area contributed by atoms with Crippen molar-refractivity contribution in [3.8, 4) is 28.6 Å². The van der Waals surface area contributed by atoms with E-state index in [9.17, 15) is 0 Å². The van der Waals surface area contributed by atoms with Crippen LogP contribution in [0.25, 0.3) is 11.4 Å².